The van der Waals surface area contributed by atoms with Crippen molar-refractivity contribution in [3.8, 4) is 0 Å². The van der Waals surface area contributed by atoms with Gasteiger partial charge in [0.2, 0.25) is 0 Å². The summed E-state index contributed by atoms with van der Waals surface area (Å²) in [6, 6.07) is 28.2. The monoisotopic (exact) mass is 419 g/mol. The van der Waals surface area contributed by atoms with Crippen LogP contribution in [-0.2, 0) is 9.60 Å². The fraction of sp³-hybridized carbons (Fsp3) is 0.280. The Morgan fingerprint density at radius 2 is 1.50 bits per heavy atom. The molecule has 1 atom stereocenters. The number of rotatable bonds is 10. The maximum Gasteiger partial charge on any atom is 0.269 e. The van der Waals surface area contributed by atoms with Gasteiger partial charge in [-0.25, -0.2) is 0 Å². The molecular weight excluding hydrogens is 394 g/mol. The molecule has 4 rings (SSSR count). The number of nitro benzene ring substituents is 1. The maximum atomic E-state index is 10.7. The quantitative estimate of drug-likeness (QED) is 0.157. The summed E-state index contributed by atoms with van der Waals surface area (Å²) in [5.41, 5.74) is 3.11. The van der Waals surface area contributed by atoms with E-state index < -0.39 is 4.92 Å². The van der Waals surface area contributed by atoms with Gasteiger partial charge in [0.1, 0.15) is 0 Å². The van der Waals surface area contributed by atoms with E-state index in [-0.39, 0.29) is 11.1 Å². The van der Waals surface area contributed by atoms with E-state index in [9.17, 15) is 10.1 Å². The minimum absolute atomic E-state index is 0.101. The SMILES string of the molecule is O=[N+]([O-])c1ccc(SOCCCCC2CC2(c2ccccc2)c2ccccc2)cc1. The molecule has 3 aromatic rings. The molecule has 0 aliphatic heterocycles. The Labute approximate surface area is 181 Å². The van der Waals surface area contributed by atoms with Crippen molar-refractivity contribution in [2.24, 2.45) is 5.92 Å². The van der Waals surface area contributed by atoms with E-state index in [1.807, 2.05) is 0 Å². The Morgan fingerprint density at radius 1 is 0.900 bits per heavy atom. The van der Waals surface area contributed by atoms with Gasteiger partial charge in [0.25, 0.3) is 5.69 Å². The second-order valence-corrected chi connectivity index (χ2v) is 8.63. The van der Waals surface area contributed by atoms with Gasteiger partial charge in [-0.05, 0) is 48.4 Å². The maximum absolute atomic E-state index is 10.7. The molecule has 154 valence electrons. The van der Waals surface area contributed by atoms with Crippen molar-refractivity contribution in [3.63, 3.8) is 0 Å². The first-order valence-corrected chi connectivity index (χ1v) is 11.1. The Kier molecular flexibility index (Phi) is 6.50. The van der Waals surface area contributed by atoms with Gasteiger partial charge in [0.15, 0.2) is 0 Å². The predicted octanol–water partition coefficient (Wildman–Crippen LogP) is 6.80. The highest BCUT2D eigenvalue weighted by molar-refractivity contribution is 7.94. The summed E-state index contributed by atoms with van der Waals surface area (Å²) in [6.45, 7) is 0.679. The van der Waals surface area contributed by atoms with Crippen LogP contribution in [0.25, 0.3) is 0 Å². The summed E-state index contributed by atoms with van der Waals surface area (Å²) < 4.78 is 5.69. The molecular formula is C25H25NO3S. The van der Waals surface area contributed by atoms with Gasteiger partial charge in [-0.1, -0.05) is 67.1 Å². The van der Waals surface area contributed by atoms with Crippen LogP contribution >= 0.6 is 12.0 Å². The molecule has 30 heavy (non-hydrogen) atoms. The highest BCUT2D eigenvalue weighted by atomic mass is 32.2. The first kappa shape index (κ1) is 20.6. The van der Waals surface area contributed by atoms with E-state index in [0.717, 1.165) is 17.7 Å². The highest BCUT2D eigenvalue weighted by Crippen LogP contribution is 2.60. The van der Waals surface area contributed by atoms with E-state index in [1.54, 1.807) is 12.1 Å². The van der Waals surface area contributed by atoms with Gasteiger partial charge in [0.05, 0.1) is 11.5 Å². The van der Waals surface area contributed by atoms with E-state index in [1.165, 1.54) is 48.1 Å². The molecule has 5 heteroatoms. The first-order chi connectivity index (χ1) is 14.7. The number of hydrogen-bond donors (Lipinski definition) is 0. The van der Waals surface area contributed by atoms with Crippen LogP contribution in [-0.4, -0.2) is 11.5 Å². The van der Waals surface area contributed by atoms with E-state index in [4.69, 9.17) is 4.18 Å². The molecule has 1 unspecified atom stereocenters. The van der Waals surface area contributed by atoms with Crippen molar-refractivity contribution in [1.82, 2.24) is 0 Å². The number of unbranched alkanes of at least 4 members (excludes halogenated alkanes) is 1. The predicted molar refractivity (Wildman–Crippen MR) is 121 cm³/mol. The molecule has 1 fully saturated rings. The van der Waals surface area contributed by atoms with Crippen LogP contribution < -0.4 is 0 Å². The Morgan fingerprint density at radius 3 is 2.07 bits per heavy atom. The highest BCUT2D eigenvalue weighted by Gasteiger charge is 2.55. The first-order valence-electron chi connectivity index (χ1n) is 10.3. The number of non-ortho nitro benzene ring substituents is 1. The molecule has 0 radical (unpaired) electrons. The van der Waals surface area contributed by atoms with Gasteiger partial charge in [-0.15, -0.1) is 0 Å². The standard InChI is InChI=1S/C25H25NO3S/c27-26(28)23-14-16-24(17-15-23)30-29-18-8-7-13-22-19-25(22,20-9-3-1-4-10-20)21-11-5-2-6-12-21/h1-6,9-12,14-17,22H,7-8,13,18-19H2. The van der Waals surface area contributed by atoms with Crippen LogP contribution in [0.5, 0.6) is 0 Å². The average Bonchev–Trinajstić information content (AvgIpc) is 3.53. The molecule has 1 saturated carbocycles. The smallest absolute Gasteiger partial charge is 0.269 e. The minimum atomic E-state index is -0.391. The third-order valence-corrected chi connectivity index (χ3v) is 6.67. The topological polar surface area (TPSA) is 52.4 Å². The molecule has 0 bridgehead atoms. The largest absolute Gasteiger partial charge is 0.310 e. The van der Waals surface area contributed by atoms with Gasteiger partial charge in [0, 0.05) is 34.5 Å². The van der Waals surface area contributed by atoms with Gasteiger partial charge in [-0.2, -0.15) is 0 Å². The van der Waals surface area contributed by atoms with Crippen molar-refractivity contribution in [2.45, 2.75) is 36.0 Å². The van der Waals surface area contributed by atoms with Crippen LogP contribution in [0.2, 0.25) is 0 Å². The van der Waals surface area contributed by atoms with E-state index in [0.29, 0.717) is 12.5 Å². The van der Waals surface area contributed by atoms with E-state index >= 15 is 0 Å². The molecule has 0 amide bonds. The number of benzene rings is 3. The second kappa shape index (κ2) is 9.45. The average molecular weight is 420 g/mol. The molecule has 0 heterocycles. The third-order valence-electron chi connectivity index (χ3n) is 5.92. The van der Waals surface area contributed by atoms with Gasteiger partial charge < -0.3 is 4.18 Å². The second-order valence-electron chi connectivity index (χ2n) is 7.76. The summed E-state index contributed by atoms with van der Waals surface area (Å²) in [5, 5.41) is 10.7. The summed E-state index contributed by atoms with van der Waals surface area (Å²) in [4.78, 5) is 11.2. The van der Waals surface area contributed by atoms with Crippen LogP contribution in [0.15, 0.2) is 89.8 Å². The van der Waals surface area contributed by atoms with Crippen molar-refractivity contribution < 1.29 is 9.11 Å². The van der Waals surface area contributed by atoms with Crippen molar-refractivity contribution in [1.29, 1.82) is 0 Å². The fourth-order valence-electron chi connectivity index (χ4n) is 4.31. The van der Waals surface area contributed by atoms with Crippen molar-refractivity contribution >= 4 is 17.7 Å². The lowest BCUT2D eigenvalue weighted by Crippen LogP contribution is -2.12. The van der Waals surface area contributed by atoms with Crippen LogP contribution in [0.4, 0.5) is 5.69 Å². The molecule has 1 aliphatic carbocycles. The summed E-state index contributed by atoms with van der Waals surface area (Å²) >= 11 is 1.29. The van der Waals surface area contributed by atoms with Gasteiger partial charge >= 0.3 is 0 Å². The lowest BCUT2D eigenvalue weighted by molar-refractivity contribution is -0.384. The number of nitrogens with zero attached hydrogens (tertiary/aromatic N) is 1. The zero-order valence-electron chi connectivity index (χ0n) is 16.8. The van der Waals surface area contributed by atoms with Crippen molar-refractivity contribution in [3.05, 3.63) is 106 Å². The zero-order valence-corrected chi connectivity index (χ0v) is 17.6. The number of hydrogen-bond acceptors (Lipinski definition) is 4. The molecule has 0 spiro atoms. The summed E-state index contributed by atoms with van der Waals surface area (Å²) in [5.74, 6) is 0.671. The van der Waals surface area contributed by atoms with Crippen LogP contribution in [0, 0.1) is 16.0 Å². The molecule has 0 saturated heterocycles. The Bertz CT molecular complexity index is 921. The molecule has 0 aromatic heterocycles. The summed E-state index contributed by atoms with van der Waals surface area (Å²) in [6.07, 6.45) is 4.54. The van der Waals surface area contributed by atoms with Crippen molar-refractivity contribution in [2.75, 3.05) is 6.61 Å². The Hall–Kier alpha value is -2.63. The fourth-order valence-corrected chi connectivity index (χ4v) is 4.89. The third kappa shape index (κ3) is 4.58. The molecule has 1 aliphatic rings. The Balaban J connectivity index is 1.25. The minimum Gasteiger partial charge on any atom is -0.310 e. The van der Waals surface area contributed by atoms with Crippen LogP contribution in [0.3, 0.4) is 0 Å². The molecule has 3 aromatic carbocycles. The lowest BCUT2D eigenvalue weighted by atomic mass is 9.85. The van der Waals surface area contributed by atoms with Gasteiger partial charge in [-0.3, -0.25) is 10.1 Å². The molecule has 0 N–H and O–H groups in total. The number of nitro groups is 1. The van der Waals surface area contributed by atoms with Crippen LogP contribution in [0.1, 0.15) is 36.8 Å². The lowest BCUT2D eigenvalue weighted by Gasteiger charge is -2.19. The summed E-state index contributed by atoms with van der Waals surface area (Å²) in [7, 11) is 0. The van der Waals surface area contributed by atoms with E-state index in [2.05, 4.69) is 60.7 Å². The normalized spacial score (nSPS) is 16.9. The zero-order chi connectivity index (χ0) is 20.8. The molecule has 4 nitrogen and oxygen atoms in total.